The number of amides is 2. The van der Waals surface area contributed by atoms with Gasteiger partial charge in [-0.3, -0.25) is 15.0 Å². The second kappa shape index (κ2) is 8.09. The zero-order chi connectivity index (χ0) is 18.4. The molecular formula is C17H20N4O4. The van der Waals surface area contributed by atoms with Crippen LogP contribution < -0.4 is 11.1 Å². The Morgan fingerprint density at radius 2 is 2.00 bits per heavy atom. The number of methoxy groups -OCH3 is 1. The van der Waals surface area contributed by atoms with Crippen LogP contribution >= 0.6 is 0 Å². The molecule has 0 aliphatic rings. The lowest BCUT2D eigenvalue weighted by Gasteiger charge is -2.16. The van der Waals surface area contributed by atoms with Gasteiger partial charge < -0.3 is 20.8 Å². The molecule has 0 fully saturated rings. The molecule has 8 heteroatoms. The molecule has 2 aromatic rings. The van der Waals surface area contributed by atoms with Crippen LogP contribution in [0.4, 0.5) is 0 Å². The van der Waals surface area contributed by atoms with Crippen molar-refractivity contribution in [1.29, 1.82) is 5.41 Å². The van der Waals surface area contributed by atoms with Gasteiger partial charge >= 0.3 is 5.97 Å². The Morgan fingerprint density at radius 1 is 1.28 bits per heavy atom. The number of ether oxygens (including phenoxy) is 1. The van der Waals surface area contributed by atoms with Gasteiger partial charge in [-0.1, -0.05) is 18.2 Å². The number of nitrogens with two attached hydrogens (primary N) is 1. The van der Waals surface area contributed by atoms with E-state index in [2.05, 4.69) is 10.3 Å². The average molecular weight is 344 g/mol. The molecule has 8 nitrogen and oxygen atoms in total. The van der Waals surface area contributed by atoms with E-state index >= 15 is 0 Å². The highest BCUT2D eigenvalue weighted by Gasteiger charge is 2.24. The largest absolute Gasteiger partial charge is 0.467 e. The lowest BCUT2D eigenvalue weighted by atomic mass is 10.0. The summed E-state index contributed by atoms with van der Waals surface area (Å²) in [6, 6.07) is 6.65. The molecule has 2 rings (SSSR count). The van der Waals surface area contributed by atoms with Gasteiger partial charge in [-0.25, -0.2) is 4.79 Å². The summed E-state index contributed by atoms with van der Waals surface area (Å²) >= 11 is 0. The summed E-state index contributed by atoms with van der Waals surface area (Å²) in [4.78, 5) is 37.9. The van der Waals surface area contributed by atoms with Gasteiger partial charge in [-0.05, 0) is 11.6 Å². The van der Waals surface area contributed by atoms with Gasteiger partial charge in [-0.15, -0.1) is 0 Å². The molecule has 5 N–H and O–H groups in total. The Kier molecular flexibility index (Phi) is 5.89. The number of primary amides is 1. The van der Waals surface area contributed by atoms with Crippen LogP contribution in [0.1, 0.15) is 18.4 Å². The maximum absolute atomic E-state index is 12.1. The van der Waals surface area contributed by atoms with Crippen LogP contribution in [0.25, 0.3) is 10.9 Å². The number of hydrogen-bond donors (Lipinski definition) is 4. The molecule has 2 amide bonds. The third-order valence-corrected chi connectivity index (χ3v) is 3.79. The molecule has 0 radical (unpaired) electrons. The van der Waals surface area contributed by atoms with E-state index in [1.807, 2.05) is 24.3 Å². The summed E-state index contributed by atoms with van der Waals surface area (Å²) in [6.07, 6.45) is 1.80. The minimum atomic E-state index is -0.939. The quantitative estimate of drug-likeness (QED) is 0.412. The number of benzene rings is 1. The summed E-state index contributed by atoms with van der Waals surface area (Å²) in [7, 11) is 1.23. The Hall–Kier alpha value is -3.16. The van der Waals surface area contributed by atoms with Gasteiger partial charge in [0.25, 0.3) is 5.91 Å². The van der Waals surface area contributed by atoms with Crippen molar-refractivity contribution in [2.24, 2.45) is 5.73 Å². The highest BCUT2D eigenvalue weighted by Crippen LogP contribution is 2.19. The maximum atomic E-state index is 12.1. The van der Waals surface area contributed by atoms with E-state index in [1.165, 1.54) is 7.11 Å². The Labute approximate surface area is 144 Å². The van der Waals surface area contributed by atoms with Crippen molar-refractivity contribution in [3.8, 4) is 0 Å². The lowest BCUT2D eigenvalue weighted by molar-refractivity contribution is -0.144. The normalized spacial score (nSPS) is 11.7. The lowest BCUT2D eigenvalue weighted by Crippen LogP contribution is -2.45. The van der Waals surface area contributed by atoms with Crippen LogP contribution in [-0.4, -0.2) is 41.6 Å². The number of esters is 1. The van der Waals surface area contributed by atoms with Gasteiger partial charge in [0.2, 0.25) is 5.91 Å². The van der Waals surface area contributed by atoms with Crippen LogP contribution in [0.3, 0.4) is 0 Å². The molecule has 1 aromatic carbocycles. The topological polar surface area (TPSA) is 138 Å². The van der Waals surface area contributed by atoms with Gasteiger partial charge in [-0.2, -0.15) is 0 Å². The number of carbonyl (C=O) groups excluding carboxylic acids is 3. The van der Waals surface area contributed by atoms with Crippen LogP contribution in [-0.2, 0) is 25.5 Å². The van der Waals surface area contributed by atoms with E-state index < -0.39 is 23.8 Å². The highest BCUT2D eigenvalue weighted by molar-refractivity contribution is 6.38. The predicted molar refractivity (Wildman–Crippen MR) is 92.1 cm³/mol. The van der Waals surface area contributed by atoms with Gasteiger partial charge in [0.15, 0.2) is 0 Å². The number of rotatable bonds is 8. The van der Waals surface area contributed by atoms with Gasteiger partial charge in [0, 0.05) is 36.4 Å². The second-order valence-corrected chi connectivity index (χ2v) is 5.56. The number of fused-ring (bicyclic) bond motifs is 1. The van der Waals surface area contributed by atoms with Crippen molar-refractivity contribution < 1.29 is 19.1 Å². The SMILES string of the molecule is COC(=O)[C@@H](Cc1c[nH]c2ccccc12)NC(=O)C(=N)CCC(N)=O. The number of hydrogen-bond acceptors (Lipinski definition) is 5. The zero-order valence-corrected chi connectivity index (χ0v) is 13.8. The third-order valence-electron chi connectivity index (χ3n) is 3.79. The first-order valence-electron chi connectivity index (χ1n) is 7.71. The number of aromatic amines is 1. The molecule has 0 bridgehead atoms. The molecule has 0 unspecified atom stereocenters. The minimum Gasteiger partial charge on any atom is -0.467 e. The average Bonchev–Trinajstić information content (AvgIpc) is 3.01. The monoisotopic (exact) mass is 344 g/mol. The summed E-state index contributed by atoms with van der Waals surface area (Å²) in [5.41, 5.74) is 6.46. The molecule has 1 atom stereocenters. The molecule has 25 heavy (non-hydrogen) atoms. The van der Waals surface area contributed by atoms with Crippen LogP contribution in [0, 0.1) is 5.41 Å². The zero-order valence-electron chi connectivity index (χ0n) is 13.8. The van der Waals surface area contributed by atoms with Gasteiger partial charge in [0.05, 0.1) is 12.8 Å². The first-order valence-corrected chi connectivity index (χ1v) is 7.71. The van der Waals surface area contributed by atoms with Crippen LogP contribution in [0.2, 0.25) is 0 Å². The van der Waals surface area contributed by atoms with E-state index in [0.29, 0.717) is 0 Å². The molecule has 0 spiro atoms. The Morgan fingerprint density at radius 3 is 2.68 bits per heavy atom. The number of para-hydroxylation sites is 1. The van der Waals surface area contributed by atoms with Crippen molar-refractivity contribution >= 4 is 34.4 Å². The molecular weight excluding hydrogens is 324 g/mol. The fourth-order valence-electron chi connectivity index (χ4n) is 2.46. The summed E-state index contributed by atoms with van der Waals surface area (Å²) in [5, 5.41) is 11.1. The molecule has 0 saturated heterocycles. The summed E-state index contributed by atoms with van der Waals surface area (Å²) in [6.45, 7) is 0. The van der Waals surface area contributed by atoms with E-state index in [9.17, 15) is 14.4 Å². The molecule has 132 valence electrons. The molecule has 1 aromatic heterocycles. The fourth-order valence-corrected chi connectivity index (χ4v) is 2.46. The number of aromatic nitrogens is 1. The molecule has 0 aliphatic heterocycles. The summed E-state index contributed by atoms with van der Waals surface area (Å²) < 4.78 is 4.74. The van der Waals surface area contributed by atoms with Crippen molar-refractivity contribution in [1.82, 2.24) is 10.3 Å². The highest BCUT2D eigenvalue weighted by atomic mass is 16.5. The molecule has 1 heterocycles. The summed E-state index contributed by atoms with van der Waals surface area (Å²) in [5.74, 6) is -1.93. The van der Waals surface area contributed by atoms with E-state index in [1.54, 1.807) is 6.20 Å². The number of H-pyrrole nitrogens is 1. The van der Waals surface area contributed by atoms with E-state index in [0.717, 1.165) is 16.5 Å². The molecule has 0 saturated carbocycles. The second-order valence-electron chi connectivity index (χ2n) is 5.56. The van der Waals surface area contributed by atoms with Crippen molar-refractivity contribution in [2.45, 2.75) is 25.3 Å². The first-order chi connectivity index (χ1) is 11.9. The fraction of sp³-hybridized carbons (Fsp3) is 0.294. The predicted octanol–water partition coefficient (Wildman–Crippen LogP) is 0.653. The third kappa shape index (κ3) is 4.66. The van der Waals surface area contributed by atoms with Crippen LogP contribution in [0.5, 0.6) is 0 Å². The minimum absolute atomic E-state index is 0.0812. The van der Waals surface area contributed by atoms with Crippen molar-refractivity contribution in [3.05, 3.63) is 36.0 Å². The van der Waals surface area contributed by atoms with Gasteiger partial charge in [0.1, 0.15) is 6.04 Å². The molecule has 0 aliphatic carbocycles. The van der Waals surface area contributed by atoms with E-state index in [-0.39, 0.29) is 25.0 Å². The van der Waals surface area contributed by atoms with Crippen molar-refractivity contribution in [3.63, 3.8) is 0 Å². The first kappa shape index (κ1) is 18.2. The smallest absolute Gasteiger partial charge is 0.328 e. The maximum Gasteiger partial charge on any atom is 0.328 e. The Balaban J connectivity index is 2.11. The Bertz CT molecular complexity index is 812. The number of nitrogens with one attached hydrogen (secondary N) is 3. The van der Waals surface area contributed by atoms with Crippen LogP contribution in [0.15, 0.2) is 30.5 Å². The standard InChI is InChI=1S/C17H20N4O4/c1-25-17(24)14(21-16(23)12(18)6-7-15(19)22)8-10-9-20-13-5-3-2-4-11(10)13/h2-5,9,14,18,20H,6-8H2,1H3,(H2,19,22)(H,21,23)/t14-/m1/s1. The van der Waals surface area contributed by atoms with Crippen molar-refractivity contribution in [2.75, 3.05) is 7.11 Å². The number of carbonyl (C=O) groups is 3. The van der Waals surface area contributed by atoms with E-state index in [4.69, 9.17) is 15.9 Å².